The van der Waals surface area contributed by atoms with E-state index in [9.17, 15) is 10.1 Å². The summed E-state index contributed by atoms with van der Waals surface area (Å²) in [5.74, 6) is 0.313. The maximum absolute atomic E-state index is 11.1. The highest BCUT2D eigenvalue weighted by atomic mass is 16.6. The molecule has 0 fully saturated rings. The van der Waals surface area contributed by atoms with Gasteiger partial charge >= 0.3 is 5.69 Å². The van der Waals surface area contributed by atoms with Gasteiger partial charge in [-0.2, -0.15) is 0 Å². The molecule has 0 N–H and O–H groups in total. The Morgan fingerprint density at radius 2 is 2.14 bits per heavy atom. The van der Waals surface area contributed by atoms with Crippen LogP contribution in [-0.4, -0.2) is 50.3 Å². The molecule has 1 aromatic rings. The van der Waals surface area contributed by atoms with Crippen molar-refractivity contribution >= 4 is 11.3 Å². The number of nitrogens with zero attached hydrogens (tertiary/aromatic N) is 2. The normalized spacial score (nSPS) is 15.5. The van der Waals surface area contributed by atoms with Gasteiger partial charge in [-0.25, -0.2) is 0 Å². The van der Waals surface area contributed by atoms with Gasteiger partial charge in [-0.1, -0.05) is 6.08 Å². The van der Waals surface area contributed by atoms with Crippen LogP contribution in [0.3, 0.4) is 0 Å². The molecule has 0 saturated carbocycles. The fraction of sp³-hybridized carbons (Fsp3) is 0.500. The van der Waals surface area contributed by atoms with E-state index in [1.807, 2.05) is 6.92 Å². The molecule has 1 aliphatic rings. The molecule has 0 radical (unpaired) electrons. The average Bonchev–Trinajstić information content (AvgIpc) is 2.53. The van der Waals surface area contributed by atoms with Gasteiger partial charge in [-0.05, 0) is 36.1 Å². The van der Waals surface area contributed by atoms with Crippen LogP contribution in [0.15, 0.2) is 18.2 Å². The molecule has 0 unspecified atom stereocenters. The number of hydrogen-bond acceptors (Lipinski definition) is 5. The van der Waals surface area contributed by atoms with Crippen molar-refractivity contribution in [3.05, 3.63) is 39.4 Å². The first-order valence-electron chi connectivity index (χ1n) is 7.30. The van der Waals surface area contributed by atoms with Crippen LogP contribution in [-0.2, 0) is 4.74 Å². The lowest BCUT2D eigenvalue weighted by Gasteiger charge is -2.26. The van der Waals surface area contributed by atoms with Crippen LogP contribution in [0, 0.1) is 17.0 Å². The Morgan fingerprint density at radius 1 is 1.36 bits per heavy atom. The van der Waals surface area contributed by atoms with E-state index in [1.165, 1.54) is 12.7 Å². The quantitative estimate of drug-likeness (QED) is 0.597. The molecule has 0 atom stereocenters. The van der Waals surface area contributed by atoms with E-state index < -0.39 is 4.92 Å². The molecule has 6 nitrogen and oxygen atoms in total. The summed E-state index contributed by atoms with van der Waals surface area (Å²) in [6.07, 6.45) is 3.11. The largest absolute Gasteiger partial charge is 0.490 e. The van der Waals surface area contributed by atoms with Crippen molar-refractivity contribution in [2.24, 2.45) is 0 Å². The Bertz CT molecular complexity index is 584. The maximum atomic E-state index is 11.1. The number of rotatable bonds is 6. The van der Waals surface area contributed by atoms with Crippen LogP contribution in [0.1, 0.15) is 17.5 Å². The summed E-state index contributed by atoms with van der Waals surface area (Å²) < 4.78 is 10.3. The zero-order valence-corrected chi connectivity index (χ0v) is 13.3. The predicted molar refractivity (Wildman–Crippen MR) is 85.3 cm³/mol. The number of nitro groups is 1. The zero-order valence-electron chi connectivity index (χ0n) is 13.3. The van der Waals surface area contributed by atoms with Crippen LogP contribution in [0.25, 0.3) is 5.57 Å². The predicted octanol–water partition coefficient (Wildman–Crippen LogP) is 2.65. The molecule has 22 heavy (non-hydrogen) atoms. The Hall–Kier alpha value is -1.92. The molecule has 0 amide bonds. The van der Waals surface area contributed by atoms with Crippen molar-refractivity contribution in [1.29, 1.82) is 0 Å². The van der Waals surface area contributed by atoms with Gasteiger partial charge in [-0.3, -0.25) is 15.0 Å². The van der Waals surface area contributed by atoms with Crippen LogP contribution < -0.4 is 4.74 Å². The Kier molecular flexibility index (Phi) is 5.51. The number of ether oxygens (including phenoxy) is 2. The first-order chi connectivity index (χ1) is 10.6. The molecule has 0 bridgehead atoms. The van der Waals surface area contributed by atoms with Gasteiger partial charge in [0.05, 0.1) is 18.6 Å². The second kappa shape index (κ2) is 7.38. The summed E-state index contributed by atoms with van der Waals surface area (Å²) >= 11 is 0. The highest BCUT2D eigenvalue weighted by molar-refractivity contribution is 5.72. The number of methoxy groups -OCH3 is 2. The van der Waals surface area contributed by atoms with Gasteiger partial charge in [0.1, 0.15) is 0 Å². The third-order valence-corrected chi connectivity index (χ3v) is 3.97. The third-order valence-electron chi connectivity index (χ3n) is 3.97. The van der Waals surface area contributed by atoms with Gasteiger partial charge in [0.2, 0.25) is 0 Å². The number of aryl methyl sites for hydroxylation is 1. The molecular weight excluding hydrogens is 284 g/mol. The zero-order chi connectivity index (χ0) is 16.1. The number of nitro benzene ring substituents is 1. The van der Waals surface area contributed by atoms with Gasteiger partial charge in [0.15, 0.2) is 5.75 Å². The Morgan fingerprint density at radius 3 is 2.68 bits per heavy atom. The molecule has 0 saturated heterocycles. The summed E-state index contributed by atoms with van der Waals surface area (Å²) in [6, 6.07) is 3.37. The van der Waals surface area contributed by atoms with Crippen LogP contribution in [0.2, 0.25) is 0 Å². The monoisotopic (exact) mass is 306 g/mol. The molecule has 0 aromatic heterocycles. The van der Waals surface area contributed by atoms with Gasteiger partial charge in [0.25, 0.3) is 0 Å². The summed E-state index contributed by atoms with van der Waals surface area (Å²) in [4.78, 5) is 13.0. The minimum absolute atomic E-state index is 0.0156. The molecule has 0 aliphatic carbocycles. The van der Waals surface area contributed by atoms with E-state index in [-0.39, 0.29) is 5.69 Å². The topological polar surface area (TPSA) is 64.8 Å². The van der Waals surface area contributed by atoms with Crippen molar-refractivity contribution in [2.45, 2.75) is 13.3 Å². The Labute approximate surface area is 130 Å². The summed E-state index contributed by atoms with van der Waals surface area (Å²) in [6.45, 7) is 5.39. The fourth-order valence-electron chi connectivity index (χ4n) is 2.70. The van der Waals surface area contributed by atoms with E-state index in [0.717, 1.165) is 43.8 Å². The van der Waals surface area contributed by atoms with Crippen molar-refractivity contribution in [1.82, 2.24) is 4.90 Å². The molecule has 1 aromatic carbocycles. The second-order valence-electron chi connectivity index (χ2n) is 5.37. The van der Waals surface area contributed by atoms with Crippen LogP contribution >= 0.6 is 0 Å². The molecular formula is C16H22N2O4. The first kappa shape index (κ1) is 16.5. The average molecular weight is 306 g/mol. The summed E-state index contributed by atoms with van der Waals surface area (Å²) in [7, 11) is 3.17. The molecule has 120 valence electrons. The van der Waals surface area contributed by atoms with Crippen molar-refractivity contribution < 1.29 is 14.4 Å². The van der Waals surface area contributed by atoms with E-state index in [2.05, 4.69) is 11.0 Å². The van der Waals surface area contributed by atoms with Gasteiger partial charge in [0, 0.05) is 32.8 Å². The van der Waals surface area contributed by atoms with Crippen LogP contribution in [0.4, 0.5) is 5.69 Å². The maximum Gasteiger partial charge on any atom is 0.311 e. The lowest BCUT2D eigenvalue weighted by Crippen LogP contribution is -2.31. The second-order valence-corrected chi connectivity index (χ2v) is 5.37. The molecule has 6 heteroatoms. The SMILES string of the molecule is COCCN1CC=C(c2cc(OC)c([N+](=O)[O-])cc2C)CC1. The molecule has 2 rings (SSSR count). The minimum Gasteiger partial charge on any atom is -0.490 e. The lowest BCUT2D eigenvalue weighted by molar-refractivity contribution is -0.385. The highest BCUT2D eigenvalue weighted by Gasteiger charge is 2.20. The van der Waals surface area contributed by atoms with Crippen molar-refractivity contribution in [3.8, 4) is 5.75 Å². The number of benzene rings is 1. The minimum atomic E-state index is -0.405. The smallest absolute Gasteiger partial charge is 0.311 e. The standard InChI is InChI=1S/C16H22N2O4/c1-12-10-15(18(19)20)16(22-3)11-14(12)13-4-6-17(7-5-13)8-9-21-2/h4,10-11H,5-9H2,1-3H3. The first-order valence-corrected chi connectivity index (χ1v) is 7.30. The fourth-order valence-corrected chi connectivity index (χ4v) is 2.70. The summed E-state index contributed by atoms with van der Waals surface area (Å²) in [5.41, 5.74) is 3.18. The van der Waals surface area contributed by atoms with Crippen LogP contribution in [0.5, 0.6) is 5.75 Å². The third kappa shape index (κ3) is 3.64. The molecule has 1 aliphatic heterocycles. The van der Waals surface area contributed by atoms with Crippen molar-refractivity contribution in [2.75, 3.05) is 40.5 Å². The van der Waals surface area contributed by atoms with E-state index in [4.69, 9.17) is 9.47 Å². The van der Waals surface area contributed by atoms with E-state index >= 15 is 0 Å². The van der Waals surface area contributed by atoms with E-state index in [1.54, 1.807) is 19.2 Å². The molecule has 1 heterocycles. The van der Waals surface area contributed by atoms with Crippen molar-refractivity contribution in [3.63, 3.8) is 0 Å². The Balaban J connectivity index is 2.23. The number of hydrogen-bond donors (Lipinski definition) is 0. The summed E-state index contributed by atoms with van der Waals surface area (Å²) in [5, 5.41) is 11.1. The van der Waals surface area contributed by atoms with E-state index in [0.29, 0.717) is 5.75 Å². The van der Waals surface area contributed by atoms with Gasteiger partial charge in [-0.15, -0.1) is 0 Å². The van der Waals surface area contributed by atoms with Gasteiger partial charge < -0.3 is 9.47 Å². The highest BCUT2D eigenvalue weighted by Crippen LogP contribution is 2.34. The molecule has 0 spiro atoms. The lowest BCUT2D eigenvalue weighted by atomic mass is 9.94.